The Labute approximate surface area is 112 Å². The van der Waals surface area contributed by atoms with Crippen molar-refractivity contribution in [1.82, 2.24) is 0 Å². The predicted octanol–water partition coefficient (Wildman–Crippen LogP) is -0.639. The number of para-hydroxylation sites is 1. The summed E-state index contributed by atoms with van der Waals surface area (Å²) >= 11 is 0. The first-order chi connectivity index (χ1) is 8.91. The van der Waals surface area contributed by atoms with Crippen LogP contribution in [-0.4, -0.2) is 46.9 Å². The number of benzene rings is 1. The molecule has 0 amide bonds. The molecule has 0 aromatic heterocycles. The van der Waals surface area contributed by atoms with Gasteiger partial charge in [0.05, 0.1) is 24.6 Å². The van der Waals surface area contributed by atoms with Gasteiger partial charge in [-0.1, -0.05) is 6.07 Å². The zero-order valence-electron chi connectivity index (χ0n) is 10.7. The summed E-state index contributed by atoms with van der Waals surface area (Å²) < 4.78 is 27.8. The lowest BCUT2D eigenvalue weighted by atomic mass is 10.2. The van der Waals surface area contributed by atoms with Gasteiger partial charge in [0, 0.05) is 20.2 Å². The molecule has 1 rings (SSSR count). The molecule has 5 N–H and O–H groups in total. The lowest BCUT2D eigenvalue weighted by Gasteiger charge is -2.25. The smallest absolute Gasteiger partial charge is 0.240 e. The van der Waals surface area contributed by atoms with Crippen LogP contribution in [0.2, 0.25) is 0 Å². The van der Waals surface area contributed by atoms with Crippen molar-refractivity contribution in [2.24, 2.45) is 5.14 Å². The lowest BCUT2D eigenvalue weighted by Crippen LogP contribution is -2.31. The summed E-state index contributed by atoms with van der Waals surface area (Å²) in [5.74, 6) is 0. The molecule has 0 fully saturated rings. The van der Waals surface area contributed by atoms with Crippen molar-refractivity contribution in [3.8, 4) is 0 Å². The zero-order valence-corrected chi connectivity index (χ0v) is 11.6. The predicted molar refractivity (Wildman–Crippen MR) is 73.4 cm³/mol. The molecule has 7 nitrogen and oxygen atoms in total. The zero-order chi connectivity index (χ0) is 14.5. The molecule has 0 saturated carbocycles. The third kappa shape index (κ3) is 4.06. The minimum atomic E-state index is -3.87. The number of methoxy groups -OCH3 is 1. The van der Waals surface area contributed by atoms with Crippen molar-refractivity contribution < 1.29 is 18.3 Å². The molecule has 0 aliphatic carbocycles. The maximum atomic E-state index is 11.4. The van der Waals surface area contributed by atoms with Crippen molar-refractivity contribution >= 4 is 21.4 Å². The molecule has 0 aliphatic heterocycles. The van der Waals surface area contributed by atoms with Crippen molar-refractivity contribution in [2.75, 3.05) is 44.0 Å². The second kappa shape index (κ2) is 6.71. The molecule has 0 atom stereocenters. The minimum absolute atomic E-state index is 0.0783. The van der Waals surface area contributed by atoms with Crippen LogP contribution < -0.4 is 15.8 Å². The van der Waals surface area contributed by atoms with Gasteiger partial charge in [0.25, 0.3) is 0 Å². The fraction of sp³-hybridized carbons (Fsp3) is 0.455. The first-order valence-electron chi connectivity index (χ1n) is 5.68. The number of nitrogens with two attached hydrogens (primary N) is 2. The first-order valence-corrected chi connectivity index (χ1v) is 7.22. The lowest BCUT2D eigenvalue weighted by molar-refractivity contribution is 0.203. The van der Waals surface area contributed by atoms with E-state index in [0.29, 0.717) is 25.4 Å². The van der Waals surface area contributed by atoms with E-state index >= 15 is 0 Å². The second-order valence-corrected chi connectivity index (χ2v) is 5.47. The third-order valence-electron chi connectivity index (χ3n) is 2.63. The molecule has 0 heterocycles. The number of nitrogens with zero attached hydrogens (tertiary/aromatic N) is 1. The molecule has 0 aliphatic rings. The van der Waals surface area contributed by atoms with Crippen LogP contribution in [0.15, 0.2) is 23.1 Å². The van der Waals surface area contributed by atoms with E-state index in [1.165, 1.54) is 6.07 Å². The van der Waals surface area contributed by atoms with E-state index in [0.717, 1.165) is 0 Å². The number of hydrogen-bond acceptors (Lipinski definition) is 6. The Bertz CT molecular complexity index is 519. The standard InChI is InChI=1S/C11H19N3O4S/c1-18-8-6-14(5-7-15)9-3-2-4-10(11(9)12)19(13,16)17/h2-4,15H,5-8,12H2,1H3,(H2,13,16,17). The Kier molecular flexibility index (Phi) is 5.55. The Morgan fingerprint density at radius 3 is 2.58 bits per heavy atom. The van der Waals surface area contributed by atoms with E-state index in [4.69, 9.17) is 20.7 Å². The van der Waals surface area contributed by atoms with Crippen LogP contribution in [0.5, 0.6) is 0 Å². The molecule has 0 bridgehead atoms. The van der Waals surface area contributed by atoms with E-state index in [-0.39, 0.29) is 17.2 Å². The van der Waals surface area contributed by atoms with E-state index in [2.05, 4.69) is 0 Å². The number of nitrogen functional groups attached to an aromatic ring is 1. The summed E-state index contributed by atoms with van der Waals surface area (Å²) in [6.45, 7) is 1.15. The summed E-state index contributed by atoms with van der Waals surface area (Å²) in [6.07, 6.45) is 0. The Morgan fingerprint density at radius 1 is 1.37 bits per heavy atom. The van der Waals surface area contributed by atoms with Gasteiger partial charge < -0.3 is 20.5 Å². The van der Waals surface area contributed by atoms with Gasteiger partial charge in [-0.2, -0.15) is 0 Å². The number of aliphatic hydroxyl groups is 1. The van der Waals surface area contributed by atoms with Gasteiger partial charge >= 0.3 is 0 Å². The summed E-state index contributed by atoms with van der Waals surface area (Å²) in [7, 11) is -2.31. The fourth-order valence-electron chi connectivity index (χ4n) is 1.73. The monoisotopic (exact) mass is 289 g/mol. The van der Waals surface area contributed by atoms with E-state index in [1.807, 2.05) is 0 Å². The van der Waals surface area contributed by atoms with Gasteiger partial charge in [0.2, 0.25) is 10.0 Å². The number of hydrogen-bond donors (Lipinski definition) is 3. The second-order valence-electron chi connectivity index (χ2n) is 3.94. The number of rotatable bonds is 7. The van der Waals surface area contributed by atoms with Crippen molar-refractivity contribution in [1.29, 1.82) is 0 Å². The van der Waals surface area contributed by atoms with Crippen molar-refractivity contribution in [3.63, 3.8) is 0 Å². The maximum Gasteiger partial charge on any atom is 0.240 e. The number of primary sulfonamides is 1. The minimum Gasteiger partial charge on any atom is -0.396 e. The molecule has 0 spiro atoms. The van der Waals surface area contributed by atoms with Crippen LogP contribution in [0.4, 0.5) is 11.4 Å². The fourth-order valence-corrected chi connectivity index (χ4v) is 2.41. The number of aliphatic hydroxyl groups excluding tert-OH is 1. The summed E-state index contributed by atoms with van der Waals surface area (Å²) in [5.41, 5.74) is 6.44. The van der Waals surface area contributed by atoms with Gasteiger partial charge in [0.15, 0.2) is 0 Å². The summed E-state index contributed by atoms with van der Waals surface area (Å²) in [4.78, 5) is 1.62. The normalized spacial score (nSPS) is 11.5. The van der Waals surface area contributed by atoms with Gasteiger partial charge in [-0.25, -0.2) is 13.6 Å². The highest BCUT2D eigenvalue weighted by atomic mass is 32.2. The molecule has 19 heavy (non-hydrogen) atoms. The Morgan fingerprint density at radius 2 is 2.05 bits per heavy atom. The van der Waals surface area contributed by atoms with Crippen LogP contribution in [0.3, 0.4) is 0 Å². The van der Waals surface area contributed by atoms with E-state index in [9.17, 15) is 8.42 Å². The van der Waals surface area contributed by atoms with Crippen LogP contribution >= 0.6 is 0 Å². The first kappa shape index (κ1) is 15.7. The molecule has 0 radical (unpaired) electrons. The largest absolute Gasteiger partial charge is 0.396 e. The van der Waals surface area contributed by atoms with Gasteiger partial charge in [0.1, 0.15) is 4.90 Å². The quantitative estimate of drug-likeness (QED) is 0.575. The molecule has 0 unspecified atom stereocenters. The topological polar surface area (TPSA) is 119 Å². The molecule has 8 heteroatoms. The Hall–Kier alpha value is -1.35. The summed E-state index contributed by atoms with van der Waals surface area (Å²) in [5, 5.41) is 14.2. The average molecular weight is 289 g/mol. The van der Waals surface area contributed by atoms with Crippen LogP contribution in [0.1, 0.15) is 0 Å². The Balaban J connectivity index is 3.16. The SMILES string of the molecule is COCCN(CCO)c1cccc(S(N)(=O)=O)c1N. The van der Waals surface area contributed by atoms with Gasteiger partial charge in [-0.05, 0) is 12.1 Å². The molecular weight excluding hydrogens is 270 g/mol. The van der Waals surface area contributed by atoms with Gasteiger partial charge in [-0.3, -0.25) is 0 Å². The van der Waals surface area contributed by atoms with Crippen LogP contribution in [0, 0.1) is 0 Å². The highest BCUT2D eigenvalue weighted by molar-refractivity contribution is 7.89. The number of anilines is 2. The third-order valence-corrected chi connectivity index (χ3v) is 3.59. The summed E-state index contributed by atoms with van der Waals surface area (Å²) in [6, 6.07) is 4.58. The highest BCUT2D eigenvalue weighted by Gasteiger charge is 2.17. The highest BCUT2D eigenvalue weighted by Crippen LogP contribution is 2.28. The number of sulfonamides is 1. The molecular formula is C11H19N3O4S. The number of ether oxygens (including phenoxy) is 1. The van der Waals surface area contributed by atoms with Crippen LogP contribution in [-0.2, 0) is 14.8 Å². The average Bonchev–Trinajstić information content (AvgIpc) is 2.33. The van der Waals surface area contributed by atoms with Crippen LogP contribution in [0.25, 0.3) is 0 Å². The van der Waals surface area contributed by atoms with E-state index in [1.54, 1.807) is 24.1 Å². The molecule has 108 valence electrons. The van der Waals surface area contributed by atoms with Crippen molar-refractivity contribution in [2.45, 2.75) is 4.90 Å². The maximum absolute atomic E-state index is 11.4. The molecule has 1 aromatic rings. The van der Waals surface area contributed by atoms with Crippen molar-refractivity contribution in [3.05, 3.63) is 18.2 Å². The van der Waals surface area contributed by atoms with Gasteiger partial charge in [-0.15, -0.1) is 0 Å². The molecule has 0 saturated heterocycles. The molecule has 1 aromatic carbocycles. The van der Waals surface area contributed by atoms with E-state index < -0.39 is 10.0 Å².